The Morgan fingerprint density at radius 2 is 2.28 bits per heavy atom. The summed E-state index contributed by atoms with van der Waals surface area (Å²) in [4.78, 5) is 6.21. The zero-order valence-corrected chi connectivity index (χ0v) is 10.9. The van der Waals surface area contributed by atoms with Gasteiger partial charge in [-0.15, -0.1) is 0 Å². The molecule has 0 bridgehead atoms. The number of sulfonamides is 1. The van der Waals surface area contributed by atoms with Crippen LogP contribution in [0, 0.1) is 0 Å². The van der Waals surface area contributed by atoms with E-state index in [1.807, 2.05) is 0 Å². The molecule has 96 valence electrons. The first-order valence-corrected chi connectivity index (χ1v) is 6.64. The fraction of sp³-hybridized carbons (Fsp3) is 0.125. The van der Waals surface area contributed by atoms with Crippen LogP contribution in [0.5, 0.6) is 0 Å². The van der Waals surface area contributed by atoms with Crippen molar-refractivity contribution in [2.24, 2.45) is 12.8 Å². The van der Waals surface area contributed by atoms with E-state index in [0.717, 1.165) is 0 Å². The fourth-order valence-corrected chi connectivity index (χ4v) is 2.47. The lowest BCUT2D eigenvalue weighted by atomic mass is 10.3. The van der Waals surface area contributed by atoms with Crippen molar-refractivity contribution in [3.05, 3.63) is 24.3 Å². The van der Waals surface area contributed by atoms with E-state index in [-0.39, 0.29) is 15.8 Å². The van der Waals surface area contributed by atoms with E-state index in [0.29, 0.717) is 5.56 Å². The number of anilines is 1. The van der Waals surface area contributed by atoms with E-state index in [2.05, 4.69) is 19.8 Å². The van der Waals surface area contributed by atoms with Gasteiger partial charge in [-0.3, -0.25) is 9.40 Å². The van der Waals surface area contributed by atoms with Crippen LogP contribution in [0.4, 0.5) is 5.82 Å². The summed E-state index contributed by atoms with van der Waals surface area (Å²) < 4.78 is 27.6. The molecule has 2 heterocycles. The third-order valence-corrected chi connectivity index (χ3v) is 3.68. The molecule has 0 spiro atoms. The Kier molecular flexibility index (Phi) is 3.05. The standard InChI is InChI=1S/C8H10N6O2S2/c1-14-8(5(2-12-14)7(9)17)13-18(15,16)6-3-10-4-11-6/h2-4,13H,1H3,(H2,9,17)(H,10,11). The molecule has 0 amide bonds. The van der Waals surface area contributed by atoms with Crippen molar-refractivity contribution in [3.8, 4) is 0 Å². The van der Waals surface area contributed by atoms with E-state index in [9.17, 15) is 8.42 Å². The number of aromatic amines is 1. The van der Waals surface area contributed by atoms with Crippen molar-refractivity contribution in [2.45, 2.75) is 5.03 Å². The molecule has 0 aliphatic heterocycles. The highest BCUT2D eigenvalue weighted by Crippen LogP contribution is 2.18. The van der Waals surface area contributed by atoms with Crippen LogP contribution in [-0.4, -0.2) is 33.2 Å². The summed E-state index contributed by atoms with van der Waals surface area (Å²) in [6.45, 7) is 0. The molecule has 0 aliphatic carbocycles. The van der Waals surface area contributed by atoms with Gasteiger partial charge in [-0.1, -0.05) is 12.2 Å². The van der Waals surface area contributed by atoms with E-state index in [4.69, 9.17) is 18.0 Å². The Labute approximate surface area is 108 Å². The summed E-state index contributed by atoms with van der Waals surface area (Å²) in [6.07, 6.45) is 3.86. The number of nitrogens with zero attached hydrogens (tertiary/aromatic N) is 3. The van der Waals surface area contributed by atoms with Gasteiger partial charge in [-0.25, -0.2) is 4.98 Å². The highest BCUT2D eigenvalue weighted by Gasteiger charge is 2.20. The van der Waals surface area contributed by atoms with Gasteiger partial charge in [0.05, 0.1) is 24.3 Å². The average Bonchev–Trinajstić information content (AvgIpc) is 2.89. The topological polar surface area (TPSA) is 119 Å². The number of hydrogen-bond donors (Lipinski definition) is 3. The van der Waals surface area contributed by atoms with Gasteiger partial charge in [0, 0.05) is 7.05 Å². The van der Waals surface area contributed by atoms with Crippen molar-refractivity contribution in [1.29, 1.82) is 0 Å². The quantitative estimate of drug-likeness (QED) is 0.657. The maximum absolute atomic E-state index is 12.0. The molecule has 18 heavy (non-hydrogen) atoms. The van der Waals surface area contributed by atoms with Crippen molar-refractivity contribution in [2.75, 3.05) is 4.72 Å². The third kappa shape index (κ3) is 2.19. The number of aromatic nitrogens is 4. The van der Waals surface area contributed by atoms with Gasteiger partial charge in [0.25, 0.3) is 10.0 Å². The van der Waals surface area contributed by atoms with Gasteiger partial charge >= 0.3 is 0 Å². The number of aryl methyl sites for hydroxylation is 1. The number of imidazole rings is 1. The highest BCUT2D eigenvalue weighted by atomic mass is 32.2. The monoisotopic (exact) mass is 286 g/mol. The molecule has 0 fully saturated rings. The minimum atomic E-state index is -3.76. The predicted octanol–water partition coefficient (Wildman–Crippen LogP) is -0.422. The molecule has 2 rings (SSSR count). The lowest BCUT2D eigenvalue weighted by Crippen LogP contribution is -2.19. The first-order valence-electron chi connectivity index (χ1n) is 4.75. The zero-order valence-electron chi connectivity index (χ0n) is 9.28. The number of nitrogens with one attached hydrogen (secondary N) is 2. The van der Waals surface area contributed by atoms with Crippen LogP contribution >= 0.6 is 12.2 Å². The molecule has 0 unspecified atom stereocenters. The van der Waals surface area contributed by atoms with Crippen LogP contribution in [0.3, 0.4) is 0 Å². The third-order valence-electron chi connectivity index (χ3n) is 2.20. The summed E-state index contributed by atoms with van der Waals surface area (Å²) in [5.74, 6) is 0.206. The van der Waals surface area contributed by atoms with Gasteiger partial charge < -0.3 is 10.7 Å². The molecule has 2 aromatic heterocycles. The Bertz CT molecular complexity index is 673. The second kappa shape index (κ2) is 4.38. The molecular weight excluding hydrogens is 276 g/mol. The second-order valence-electron chi connectivity index (χ2n) is 3.42. The highest BCUT2D eigenvalue weighted by molar-refractivity contribution is 7.92. The molecule has 10 heteroatoms. The van der Waals surface area contributed by atoms with E-state index >= 15 is 0 Å². The van der Waals surface area contributed by atoms with Gasteiger partial charge in [-0.2, -0.15) is 13.5 Å². The fourth-order valence-electron chi connectivity index (χ4n) is 1.31. The molecule has 0 aromatic carbocycles. The van der Waals surface area contributed by atoms with Crippen LogP contribution in [0.2, 0.25) is 0 Å². The molecule has 0 aliphatic rings. The molecule has 0 atom stereocenters. The smallest absolute Gasteiger partial charge is 0.280 e. The number of H-pyrrole nitrogens is 1. The normalized spacial score (nSPS) is 11.4. The van der Waals surface area contributed by atoms with E-state index in [1.165, 1.54) is 23.4 Å². The van der Waals surface area contributed by atoms with Gasteiger partial charge in [-0.05, 0) is 0 Å². The second-order valence-corrected chi connectivity index (χ2v) is 5.51. The van der Waals surface area contributed by atoms with Crippen LogP contribution < -0.4 is 10.5 Å². The molecule has 8 nitrogen and oxygen atoms in total. The van der Waals surface area contributed by atoms with Gasteiger partial charge in [0.1, 0.15) is 10.8 Å². The number of hydrogen-bond acceptors (Lipinski definition) is 5. The Balaban J connectivity index is 2.41. The zero-order chi connectivity index (χ0) is 13.3. The number of rotatable bonds is 4. The maximum Gasteiger partial charge on any atom is 0.280 e. The largest absolute Gasteiger partial charge is 0.389 e. The maximum atomic E-state index is 12.0. The van der Waals surface area contributed by atoms with E-state index in [1.54, 1.807) is 7.05 Å². The summed E-state index contributed by atoms with van der Waals surface area (Å²) in [6, 6.07) is 0. The molecule has 4 N–H and O–H groups in total. The van der Waals surface area contributed by atoms with Crippen LogP contribution in [0.25, 0.3) is 0 Å². The van der Waals surface area contributed by atoms with Crippen molar-refractivity contribution in [3.63, 3.8) is 0 Å². The summed E-state index contributed by atoms with van der Waals surface area (Å²) in [5, 5.41) is 3.84. The van der Waals surface area contributed by atoms with Crippen molar-refractivity contribution in [1.82, 2.24) is 19.7 Å². The number of thiocarbonyl (C=S) groups is 1. The first kappa shape index (κ1) is 12.5. The molecule has 0 saturated carbocycles. The predicted molar refractivity (Wildman–Crippen MR) is 68.5 cm³/mol. The molecule has 0 radical (unpaired) electrons. The summed E-state index contributed by atoms with van der Waals surface area (Å²) in [7, 11) is -2.19. The minimum absolute atomic E-state index is 0.0578. The van der Waals surface area contributed by atoms with Crippen LogP contribution in [0.1, 0.15) is 5.56 Å². The molecule has 2 aromatic rings. The first-order chi connectivity index (χ1) is 8.42. The van der Waals surface area contributed by atoms with Crippen LogP contribution in [-0.2, 0) is 17.1 Å². The Morgan fingerprint density at radius 1 is 1.56 bits per heavy atom. The lowest BCUT2D eigenvalue weighted by molar-refractivity contribution is 0.597. The van der Waals surface area contributed by atoms with Crippen molar-refractivity contribution >= 4 is 33.0 Å². The Hall–Kier alpha value is -1.94. The SMILES string of the molecule is Cn1ncc(C(N)=S)c1NS(=O)(=O)c1cnc[nH]1. The Morgan fingerprint density at radius 3 is 2.83 bits per heavy atom. The van der Waals surface area contributed by atoms with Crippen LogP contribution in [0.15, 0.2) is 23.7 Å². The summed E-state index contributed by atoms with van der Waals surface area (Å²) in [5.41, 5.74) is 5.85. The summed E-state index contributed by atoms with van der Waals surface area (Å²) >= 11 is 4.82. The minimum Gasteiger partial charge on any atom is -0.389 e. The molecule has 0 saturated heterocycles. The van der Waals surface area contributed by atoms with E-state index < -0.39 is 10.0 Å². The lowest BCUT2D eigenvalue weighted by Gasteiger charge is -2.08. The molecular formula is C8H10N6O2S2. The average molecular weight is 286 g/mol. The van der Waals surface area contributed by atoms with Gasteiger partial charge in [0.15, 0.2) is 5.03 Å². The van der Waals surface area contributed by atoms with Gasteiger partial charge in [0.2, 0.25) is 0 Å². The number of nitrogens with two attached hydrogens (primary N) is 1. The van der Waals surface area contributed by atoms with Crippen molar-refractivity contribution < 1.29 is 8.42 Å².